The fourth-order valence-corrected chi connectivity index (χ4v) is 2.33. The minimum Gasteiger partial charge on any atom is -0.497 e. The van der Waals surface area contributed by atoms with E-state index in [-0.39, 0.29) is 11.4 Å². The number of benzene rings is 1. The second-order valence-corrected chi connectivity index (χ2v) is 4.91. The van der Waals surface area contributed by atoms with Crippen LogP contribution in [0, 0.1) is 0 Å². The lowest BCUT2D eigenvalue weighted by atomic mass is 10.2. The Hall–Kier alpha value is -3.09. The van der Waals surface area contributed by atoms with Crippen molar-refractivity contribution in [2.45, 2.75) is 6.54 Å². The maximum atomic E-state index is 11.8. The Labute approximate surface area is 132 Å². The maximum absolute atomic E-state index is 11.8. The summed E-state index contributed by atoms with van der Waals surface area (Å²) in [6, 6.07) is 8.80. The molecule has 0 atom stereocenters. The zero-order valence-corrected chi connectivity index (χ0v) is 12.7. The SMILES string of the molecule is COC(=O)c1cc(O)nc2c1cnn2Cc1ccc(OC)cc1. The quantitative estimate of drug-likeness (QED) is 0.741. The maximum Gasteiger partial charge on any atom is 0.338 e. The van der Waals surface area contributed by atoms with Gasteiger partial charge in [0.05, 0.1) is 37.9 Å². The van der Waals surface area contributed by atoms with Crippen molar-refractivity contribution in [1.82, 2.24) is 14.8 Å². The van der Waals surface area contributed by atoms with Gasteiger partial charge in [-0.3, -0.25) is 0 Å². The molecule has 3 rings (SSSR count). The van der Waals surface area contributed by atoms with Crippen molar-refractivity contribution >= 4 is 17.0 Å². The second-order valence-electron chi connectivity index (χ2n) is 4.91. The molecule has 23 heavy (non-hydrogen) atoms. The standard InChI is InChI=1S/C16H15N3O4/c1-22-11-5-3-10(4-6-11)9-19-15-13(8-17-19)12(16(21)23-2)7-14(20)18-15/h3-8H,9H2,1-2H3,(H,18,20). The minimum absolute atomic E-state index is 0.232. The van der Waals surface area contributed by atoms with Gasteiger partial charge in [0, 0.05) is 6.07 Å². The molecule has 0 amide bonds. The van der Waals surface area contributed by atoms with E-state index in [4.69, 9.17) is 9.47 Å². The third-order valence-corrected chi connectivity index (χ3v) is 3.49. The zero-order chi connectivity index (χ0) is 16.4. The average Bonchev–Trinajstić information content (AvgIpc) is 2.96. The number of aromatic hydroxyl groups is 1. The summed E-state index contributed by atoms with van der Waals surface area (Å²) in [5, 5.41) is 14.5. The molecule has 0 radical (unpaired) electrons. The molecule has 2 heterocycles. The van der Waals surface area contributed by atoms with Crippen molar-refractivity contribution in [3.8, 4) is 11.6 Å². The average molecular weight is 313 g/mol. The van der Waals surface area contributed by atoms with Crippen LogP contribution in [0.1, 0.15) is 15.9 Å². The molecule has 0 spiro atoms. The van der Waals surface area contributed by atoms with Crippen LogP contribution in [0.2, 0.25) is 0 Å². The van der Waals surface area contributed by atoms with Crippen molar-refractivity contribution < 1.29 is 19.4 Å². The molecule has 118 valence electrons. The highest BCUT2D eigenvalue weighted by atomic mass is 16.5. The molecule has 2 aromatic heterocycles. The van der Waals surface area contributed by atoms with Crippen LogP contribution in [-0.2, 0) is 11.3 Å². The number of fused-ring (bicyclic) bond motifs is 1. The van der Waals surface area contributed by atoms with Gasteiger partial charge < -0.3 is 14.6 Å². The Morgan fingerprint density at radius 2 is 2.00 bits per heavy atom. The van der Waals surface area contributed by atoms with E-state index in [1.165, 1.54) is 19.4 Å². The molecule has 0 unspecified atom stereocenters. The summed E-state index contributed by atoms with van der Waals surface area (Å²) in [6.45, 7) is 0.449. The van der Waals surface area contributed by atoms with Crippen molar-refractivity contribution in [1.29, 1.82) is 0 Å². The summed E-state index contributed by atoms with van der Waals surface area (Å²) in [7, 11) is 2.89. The lowest BCUT2D eigenvalue weighted by molar-refractivity contribution is 0.0602. The first-order valence-corrected chi connectivity index (χ1v) is 6.89. The predicted molar refractivity (Wildman–Crippen MR) is 82.6 cm³/mol. The van der Waals surface area contributed by atoms with E-state index in [1.54, 1.807) is 11.8 Å². The van der Waals surface area contributed by atoms with Crippen molar-refractivity contribution in [3.63, 3.8) is 0 Å². The number of hydrogen-bond donors (Lipinski definition) is 1. The van der Waals surface area contributed by atoms with Gasteiger partial charge in [0.25, 0.3) is 0 Å². The van der Waals surface area contributed by atoms with Crippen LogP contribution in [0.15, 0.2) is 36.5 Å². The van der Waals surface area contributed by atoms with E-state index in [9.17, 15) is 9.90 Å². The molecule has 0 fully saturated rings. The smallest absolute Gasteiger partial charge is 0.338 e. The van der Waals surface area contributed by atoms with Crippen LogP contribution in [0.4, 0.5) is 0 Å². The topological polar surface area (TPSA) is 86.5 Å². The van der Waals surface area contributed by atoms with Crippen LogP contribution in [0.3, 0.4) is 0 Å². The van der Waals surface area contributed by atoms with E-state index in [2.05, 4.69) is 10.1 Å². The molecule has 7 heteroatoms. The van der Waals surface area contributed by atoms with Crippen LogP contribution in [-0.4, -0.2) is 40.1 Å². The minimum atomic E-state index is -0.545. The number of methoxy groups -OCH3 is 2. The fourth-order valence-electron chi connectivity index (χ4n) is 2.33. The lowest BCUT2D eigenvalue weighted by Crippen LogP contribution is -2.05. The molecule has 3 aromatic rings. The Morgan fingerprint density at radius 1 is 1.26 bits per heavy atom. The van der Waals surface area contributed by atoms with Gasteiger partial charge in [0.1, 0.15) is 5.75 Å². The molecule has 0 saturated heterocycles. The summed E-state index contributed by atoms with van der Waals surface area (Å²) in [5.41, 5.74) is 1.64. The normalized spacial score (nSPS) is 10.7. The van der Waals surface area contributed by atoms with Crippen LogP contribution >= 0.6 is 0 Å². The molecule has 7 nitrogen and oxygen atoms in total. The molecule has 0 aliphatic carbocycles. The van der Waals surface area contributed by atoms with Gasteiger partial charge >= 0.3 is 5.97 Å². The Morgan fingerprint density at radius 3 is 2.65 bits per heavy atom. The first kappa shape index (κ1) is 14.8. The Bertz CT molecular complexity index is 856. The van der Waals surface area contributed by atoms with Gasteiger partial charge in [-0.2, -0.15) is 10.1 Å². The number of hydrogen-bond acceptors (Lipinski definition) is 6. The highest BCUT2D eigenvalue weighted by Crippen LogP contribution is 2.23. The highest BCUT2D eigenvalue weighted by Gasteiger charge is 2.17. The number of carbonyl (C=O) groups excluding carboxylic acids is 1. The number of pyridine rings is 1. The lowest BCUT2D eigenvalue weighted by Gasteiger charge is -2.06. The van der Waals surface area contributed by atoms with E-state index < -0.39 is 5.97 Å². The van der Waals surface area contributed by atoms with Gasteiger partial charge in [0.15, 0.2) is 5.65 Å². The molecule has 0 saturated carbocycles. The summed E-state index contributed by atoms with van der Waals surface area (Å²) in [4.78, 5) is 15.9. The third kappa shape index (κ3) is 2.80. The van der Waals surface area contributed by atoms with E-state index in [1.807, 2.05) is 24.3 Å². The van der Waals surface area contributed by atoms with Crippen LogP contribution < -0.4 is 4.74 Å². The third-order valence-electron chi connectivity index (χ3n) is 3.49. The summed E-state index contributed by atoms with van der Waals surface area (Å²) < 4.78 is 11.5. The molecule has 0 aliphatic heterocycles. The molecule has 1 N–H and O–H groups in total. The number of rotatable bonds is 4. The zero-order valence-electron chi connectivity index (χ0n) is 12.7. The molecular formula is C16H15N3O4. The Balaban J connectivity index is 2.01. The summed E-state index contributed by atoms with van der Waals surface area (Å²) in [5.74, 6) is -0.0334. The molecule has 0 bridgehead atoms. The Kier molecular flexibility index (Phi) is 3.84. The van der Waals surface area contributed by atoms with Crippen LogP contribution in [0.25, 0.3) is 11.0 Å². The number of esters is 1. The van der Waals surface area contributed by atoms with E-state index in [0.29, 0.717) is 17.6 Å². The second kappa shape index (κ2) is 5.96. The van der Waals surface area contributed by atoms with Gasteiger partial charge in [0.2, 0.25) is 5.88 Å². The largest absolute Gasteiger partial charge is 0.497 e. The summed E-state index contributed by atoms with van der Waals surface area (Å²) >= 11 is 0. The molecule has 0 aliphatic rings. The number of ether oxygens (including phenoxy) is 2. The van der Waals surface area contributed by atoms with Gasteiger partial charge in [-0.25, -0.2) is 9.48 Å². The van der Waals surface area contributed by atoms with E-state index in [0.717, 1.165) is 11.3 Å². The summed E-state index contributed by atoms with van der Waals surface area (Å²) in [6.07, 6.45) is 1.54. The van der Waals surface area contributed by atoms with Gasteiger partial charge in [-0.1, -0.05) is 12.1 Å². The monoisotopic (exact) mass is 313 g/mol. The highest BCUT2D eigenvalue weighted by molar-refractivity contribution is 6.02. The number of carbonyl (C=O) groups is 1. The first-order valence-electron chi connectivity index (χ1n) is 6.89. The fraction of sp³-hybridized carbons (Fsp3) is 0.188. The first-order chi connectivity index (χ1) is 11.1. The van der Waals surface area contributed by atoms with Crippen molar-refractivity contribution in [3.05, 3.63) is 47.7 Å². The van der Waals surface area contributed by atoms with E-state index >= 15 is 0 Å². The number of aromatic nitrogens is 3. The van der Waals surface area contributed by atoms with Gasteiger partial charge in [-0.05, 0) is 17.7 Å². The molecular weight excluding hydrogens is 298 g/mol. The van der Waals surface area contributed by atoms with Gasteiger partial charge in [-0.15, -0.1) is 0 Å². The van der Waals surface area contributed by atoms with Crippen molar-refractivity contribution in [2.75, 3.05) is 14.2 Å². The number of nitrogens with zero attached hydrogens (tertiary/aromatic N) is 3. The molecule has 1 aromatic carbocycles. The van der Waals surface area contributed by atoms with Crippen LogP contribution in [0.5, 0.6) is 11.6 Å². The predicted octanol–water partition coefficient (Wildman–Crippen LogP) is 1.98. The van der Waals surface area contributed by atoms with Crippen molar-refractivity contribution in [2.24, 2.45) is 0 Å².